The Morgan fingerprint density at radius 2 is 2.14 bits per heavy atom. The van der Waals surface area contributed by atoms with Gasteiger partial charge in [-0.15, -0.1) is 11.3 Å². The maximum atomic E-state index is 12.5. The van der Waals surface area contributed by atoms with Gasteiger partial charge in [0.15, 0.2) is 4.96 Å². The largest absolute Gasteiger partial charge is 0.466 e. The standard InChI is InChI=1S/C15H19N3O3S/c1-3-21-14(20)11-4-6-17(7-5-11)13(19)12-8-18-10(2)9-22-15(18)16-12/h8-9,11H,3-7H2,1-2H3. The molecule has 0 aliphatic carbocycles. The minimum atomic E-state index is -0.146. The Morgan fingerprint density at radius 1 is 1.41 bits per heavy atom. The second-order valence-electron chi connectivity index (χ2n) is 5.47. The third-order valence-corrected chi connectivity index (χ3v) is 4.97. The SMILES string of the molecule is CCOC(=O)C1CCN(C(=O)c2cn3c(C)csc3n2)CC1. The van der Waals surface area contributed by atoms with Gasteiger partial charge in [-0.1, -0.05) is 0 Å². The molecule has 0 aromatic carbocycles. The fourth-order valence-electron chi connectivity index (χ4n) is 2.74. The van der Waals surface area contributed by atoms with Crippen LogP contribution in [0.5, 0.6) is 0 Å². The van der Waals surface area contributed by atoms with Crippen molar-refractivity contribution in [2.75, 3.05) is 19.7 Å². The molecule has 6 nitrogen and oxygen atoms in total. The number of fused-ring (bicyclic) bond motifs is 1. The lowest BCUT2D eigenvalue weighted by Gasteiger charge is -2.30. The number of piperidine rings is 1. The van der Waals surface area contributed by atoms with Gasteiger partial charge in [-0.2, -0.15) is 0 Å². The third kappa shape index (κ3) is 2.72. The minimum absolute atomic E-state index is 0.0578. The van der Waals surface area contributed by atoms with Crippen LogP contribution < -0.4 is 0 Å². The van der Waals surface area contributed by atoms with Crippen LogP contribution in [0.25, 0.3) is 4.96 Å². The molecule has 2 aromatic heterocycles. The molecule has 1 fully saturated rings. The molecule has 0 radical (unpaired) electrons. The van der Waals surface area contributed by atoms with Crippen molar-refractivity contribution < 1.29 is 14.3 Å². The molecule has 1 aliphatic heterocycles. The van der Waals surface area contributed by atoms with Crippen LogP contribution in [0.1, 0.15) is 35.9 Å². The topological polar surface area (TPSA) is 63.9 Å². The van der Waals surface area contributed by atoms with Gasteiger partial charge >= 0.3 is 5.97 Å². The Kier molecular flexibility index (Phi) is 4.15. The maximum absolute atomic E-state index is 12.5. The minimum Gasteiger partial charge on any atom is -0.466 e. The molecule has 1 saturated heterocycles. The van der Waals surface area contributed by atoms with E-state index in [1.54, 1.807) is 11.1 Å². The molecular formula is C15H19N3O3S. The molecule has 0 N–H and O–H groups in total. The lowest BCUT2D eigenvalue weighted by Crippen LogP contribution is -2.40. The first-order chi connectivity index (χ1) is 10.6. The molecule has 2 aromatic rings. The van der Waals surface area contributed by atoms with Crippen LogP contribution >= 0.6 is 11.3 Å². The molecule has 3 heterocycles. The number of hydrogen-bond acceptors (Lipinski definition) is 5. The van der Waals surface area contributed by atoms with E-state index in [0.29, 0.717) is 38.2 Å². The van der Waals surface area contributed by atoms with Crippen LogP contribution in [-0.4, -0.2) is 45.9 Å². The van der Waals surface area contributed by atoms with E-state index in [1.165, 1.54) is 11.3 Å². The van der Waals surface area contributed by atoms with Gasteiger partial charge in [-0.3, -0.25) is 14.0 Å². The number of carbonyl (C=O) groups is 2. The van der Waals surface area contributed by atoms with E-state index in [1.807, 2.05) is 23.6 Å². The van der Waals surface area contributed by atoms with E-state index in [9.17, 15) is 9.59 Å². The Bertz CT molecular complexity index is 698. The number of carbonyl (C=O) groups excluding carboxylic acids is 2. The second kappa shape index (κ2) is 6.08. The highest BCUT2D eigenvalue weighted by molar-refractivity contribution is 7.15. The van der Waals surface area contributed by atoms with Gasteiger partial charge in [-0.05, 0) is 26.7 Å². The predicted octanol–water partition coefficient (Wildman–Crippen LogP) is 2.12. The summed E-state index contributed by atoms with van der Waals surface area (Å²) < 4.78 is 6.98. The summed E-state index contributed by atoms with van der Waals surface area (Å²) in [5.74, 6) is -0.290. The zero-order chi connectivity index (χ0) is 15.7. The van der Waals surface area contributed by atoms with Gasteiger partial charge in [0.05, 0.1) is 12.5 Å². The molecule has 118 valence electrons. The maximum Gasteiger partial charge on any atom is 0.309 e. The summed E-state index contributed by atoms with van der Waals surface area (Å²) in [7, 11) is 0. The van der Waals surface area contributed by atoms with Crippen LogP contribution in [0.3, 0.4) is 0 Å². The first-order valence-electron chi connectivity index (χ1n) is 7.49. The molecule has 7 heteroatoms. The molecule has 0 atom stereocenters. The number of likely N-dealkylation sites (tertiary alicyclic amines) is 1. The highest BCUT2D eigenvalue weighted by atomic mass is 32.1. The number of aromatic nitrogens is 2. The van der Waals surface area contributed by atoms with Gasteiger partial charge in [0.25, 0.3) is 5.91 Å². The Balaban J connectivity index is 1.65. The Hall–Kier alpha value is -1.89. The van der Waals surface area contributed by atoms with Crippen LogP contribution in [-0.2, 0) is 9.53 Å². The number of nitrogens with zero attached hydrogens (tertiary/aromatic N) is 3. The monoisotopic (exact) mass is 321 g/mol. The van der Waals surface area contributed by atoms with Crippen molar-refractivity contribution >= 4 is 28.2 Å². The summed E-state index contributed by atoms with van der Waals surface area (Å²) >= 11 is 1.53. The molecule has 22 heavy (non-hydrogen) atoms. The third-order valence-electron chi connectivity index (χ3n) is 4.01. The van der Waals surface area contributed by atoms with Crippen LogP contribution in [0.2, 0.25) is 0 Å². The number of ether oxygens (including phenoxy) is 1. The summed E-state index contributed by atoms with van der Waals surface area (Å²) in [6, 6.07) is 0. The summed E-state index contributed by atoms with van der Waals surface area (Å²) in [4.78, 5) is 31.2. The smallest absolute Gasteiger partial charge is 0.309 e. The molecule has 3 rings (SSSR count). The molecule has 0 unspecified atom stereocenters. The number of imidazole rings is 1. The summed E-state index contributed by atoms with van der Waals surface area (Å²) in [5, 5.41) is 2.02. The summed E-state index contributed by atoms with van der Waals surface area (Å²) in [6.07, 6.45) is 3.11. The van der Waals surface area contributed by atoms with E-state index < -0.39 is 0 Å². The zero-order valence-corrected chi connectivity index (χ0v) is 13.6. The number of thiazole rings is 1. The first kappa shape index (κ1) is 15.0. The normalized spacial score (nSPS) is 16.2. The van der Waals surface area contributed by atoms with Crippen molar-refractivity contribution in [2.45, 2.75) is 26.7 Å². The molecule has 1 aliphatic rings. The van der Waals surface area contributed by atoms with Crippen molar-refractivity contribution in [3.63, 3.8) is 0 Å². The number of aryl methyl sites for hydroxylation is 1. The summed E-state index contributed by atoms with van der Waals surface area (Å²) in [5.41, 5.74) is 1.55. The highest BCUT2D eigenvalue weighted by Gasteiger charge is 2.29. The number of amides is 1. The van der Waals surface area contributed by atoms with Crippen LogP contribution in [0, 0.1) is 12.8 Å². The van der Waals surface area contributed by atoms with Crippen molar-refractivity contribution in [3.05, 3.63) is 23.0 Å². The van der Waals surface area contributed by atoms with E-state index in [4.69, 9.17) is 4.74 Å². The molecule has 0 spiro atoms. The molecule has 0 bridgehead atoms. The first-order valence-corrected chi connectivity index (χ1v) is 8.37. The molecular weight excluding hydrogens is 302 g/mol. The number of rotatable bonds is 3. The second-order valence-corrected chi connectivity index (χ2v) is 6.31. The quantitative estimate of drug-likeness (QED) is 0.812. The fourth-order valence-corrected chi connectivity index (χ4v) is 3.59. The molecule has 0 saturated carbocycles. The van der Waals surface area contributed by atoms with Crippen molar-refractivity contribution in [2.24, 2.45) is 5.92 Å². The average molecular weight is 321 g/mol. The average Bonchev–Trinajstić information content (AvgIpc) is 3.09. The Labute approximate surface area is 132 Å². The van der Waals surface area contributed by atoms with E-state index in [-0.39, 0.29) is 17.8 Å². The van der Waals surface area contributed by atoms with Gasteiger partial charge in [0, 0.05) is 30.4 Å². The summed E-state index contributed by atoms with van der Waals surface area (Å²) in [6.45, 7) is 5.36. The van der Waals surface area contributed by atoms with Crippen molar-refractivity contribution in [1.29, 1.82) is 0 Å². The van der Waals surface area contributed by atoms with Gasteiger partial charge in [0.1, 0.15) is 5.69 Å². The zero-order valence-electron chi connectivity index (χ0n) is 12.7. The van der Waals surface area contributed by atoms with E-state index in [2.05, 4.69) is 4.98 Å². The highest BCUT2D eigenvalue weighted by Crippen LogP contribution is 2.21. The van der Waals surface area contributed by atoms with Crippen molar-refractivity contribution in [1.82, 2.24) is 14.3 Å². The lowest BCUT2D eigenvalue weighted by atomic mass is 9.97. The van der Waals surface area contributed by atoms with E-state index in [0.717, 1.165) is 10.7 Å². The Morgan fingerprint density at radius 3 is 2.77 bits per heavy atom. The number of esters is 1. The van der Waals surface area contributed by atoms with Gasteiger partial charge in [-0.25, -0.2) is 4.98 Å². The van der Waals surface area contributed by atoms with Crippen LogP contribution in [0.4, 0.5) is 0 Å². The predicted molar refractivity (Wildman–Crippen MR) is 83.1 cm³/mol. The molecule has 1 amide bonds. The van der Waals surface area contributed by atoms with Gasteiger partial charge < -0.3 is 9.64 Å². The van der Waals surface area contributed by atoms with Gasteiger partial charge in [0.2, 0.25) is 0 Å². The van der Waals surface area contributed by atoms with Crippen LogP contribution in [0.15, 0.2) is 11.6 Å². The van der Waals surface area contributed by atoms with Crippen molar-refractivity contribution in [3.8, 4) is 0 Å². The number of hydrogen-bond donors (Lipinski definition) is 0. The fraction of sp³-hybridized carbons (Fsp3) is 0.533. The lowest BCUT2D eigenvalue weighted by molar-refractivity contribution is -0.149. The van der Waals surface area contributed by atoms with E-state index >= 15 is 0 Å².